The molecule has 2 rings (SSSR count). The highest BCUT2D eigenvalue weighted by molar-refractivity contribution is 5.18. The molecule has 1 radical (unpaired) electrons. The summed E-state index contributed by atoms with van der Waals surface area (Å²) in [7, 11) is 2.18. The largest absolute Gasteiger partial charge is 0.324 e. The zero-order chi connectivity index (χ0) is 10.7. The zero-order valence-corrected chi connectivity index (χ0v) is 9.32. The second-order valence-electron chi connectivity index (χ2n) is 4.50. The van der Waals surface area contributed by atoms with E-state index in [0.29, 0.717) is 5.92 Å². The Balaban J connectivity index is 1.99. The van der Waals surface area contributed by atoms with Gasteiger partial charge in [0.15, 0.2) is 0 Å². The van der Waals surface area contributed by atoms with E-state index in [1.54, 1.807) is 0 Å². The third kappa shape index (κ3) is 2.58. The summed E-state index contributed by atoms with van der Waals surface area (Å²) in [5.41, 5.74) is 7.54. The van der Waals surface area contributed by atoms with E-state index in [-0.39, 0.29) is 6.04 Å². The molecule has 1 aliphatic heterocycles. The Kier molecular flexibility index (Phi) is 3.39. The number of nitrogens with zero attached hydrogens (tertiary/aromatic N) is 1. The van der Waals surface area contributed by atoms with E-state index >= 15 is 0 Å². The molecule has 15 heavy (non-hydrogen) atoms. The molecule has 1 atom stereocenters. The van der Waals surface area contributed by atoms with Gasteiger partial charge in [-0.3, -0.25) is 0 Å². The zero-order valence-electron chi connectivity index (χ0n) is 9.32. The number of nitrogens with two attached hydrogens (primary N) is 1. The van der Waals surface area contributed by atoms with Crippen molar-refractivity contribution >= 4 is 0 Å². The summed E-state index contributed by atoms with van der Waals surface area (Å²) in [5, 5.41) is 0. The lowest BCUT2D eigenvalue weighted by Gasteiger charge is -2.32. The van der Waals surface area contributed by atoms with Crippen LogP contribution in [0.15, 0.2) is 24.3 Å². The van der Waals surface area contributed by atoms with Crippen LogP contribution >= 0.6 is 0 Å². The van der Waals surface area contributed by atoms with Crippen LogP contribution in [0, 0.1) is 12.0 Å². The fourth-order valence-electron chi connectivity index (χ4n) is 2.28. The van der Waals surface area contributed by atoms with Gasteiger partial charge in [0, 0.05) is 6.04 Å². The lowest BCUT2D eigenvalue weighted by molar-refractivity contribution is 0.199. The van der Waals surface area contributed by atoms with Gasteiger partial charge in [0.1, 0.15) is 0 Å². The smallest absolute Gasteiger partial charge is 0.0324 e. The molecule has 2 nitrogen and oxygen atoms in total. The number of benzene rings is 1. The molecule has 1 aromatic rings. The summed E-state index contributed by atoms with van der Waals surface area (Å²) < 4.78 is 0. The van der Waals surface area contributed by atoms with Crippen molar-refractivity contribution in [3.8, 4) is 0 Å². The molecule has 1 aromatic carbocycles. The second-order valence-corrected chi connectivity index (χ2v) is 4.50. The minimum absolute atomic E-state index is 0.202. The normalized spacial score (nSPS) is 21.5. The molecule has 0 aromatic heterocycles. The van der Waals surface area contributed by atoms with Crippen molar-refractivity contribution in [1.29, 1.82) is 0 Å². The van der Waals surface area contributed by atoms with E-state index in [1.807, 2.05) is 12.1 Å². The van der Waals surface area contributed by atoms with E-state index in [1.165, 1.54) is 31.5 Å². The van der Waals surface area contributed by atoms with Crippen LogP contribution in [0.25, 0.3) is 0 Å². The molecule has 0 amide bonds. The molecule has 2 N–H and O–H groups in total. The van der Waals surface area contributed by atoms with E-state index in [4.69, 9.17) is 5.73 Å². The average molecular weight is 203 g/mol. The number of hydrogen-bond acceptors (Lipinski definition) is 2. The molecule has 1 aliphatic rings. The summed E-state index contributed by atoms with van der Waals surface area (Å²) in [6.45, 7) is 2.36. The summed E-state index contributed by atoms with van der Waals surface area (Å²) >= 11 is 0. The molecule has 1 saturated heterocycles. The highest BCUT2D eigenvalue weighted by Crippen LogP contribution is 2.28. The number of rotatable bonds is 2. The van der Waals surface area contributed by atoms with Crippen molar-refractivity contribution in [2.45, 2.75) is 18.9 Å². The third-order valence-corrected chi connectivity index (χ3v) is 3.40. The van der Waals surface area contributed by atoms with Crippen molar-refractivity contribution in [2.24, 2.45) is 11.7 Å². The Morgan fingerprint density at radius 2 is 1.93 bits per heavy atom. The number of likely N-dealkylation sites (tertiary alicyclic amines) is 1. The SMILES string of the molecule is CN1CCC(C(N)c2cc[c]cc2)CC1. The minimum Gasteiger partial charge on any atom is -0.324 e. The first-order valence-corrected chi connectivity index (χ1v) is 5.67. The molecule has 2 heteroatoms. The molecule has 1 unspecified atom stereocenters. The van der Waals surface area contributed by atoms with Gasteiger partial charge in [0.05, 0.1) is 0 Å². The van der Waals surface area contributed by atoms with Crippen LogP contribution in [-0.2, 0) is 0 Å². The Labute approximate surface area is 92.1 Å². The molecule has 0 aliphatic carbocycles. The predicted octanol–water partition coefficient (Wildman–Crippen LogP) is 1.83. The molecule has 0 saturated carbocycles. The molecular formula is C13H19N2. The van der Waals surface area contributed by atoms with Gasteiger partial charge in [-0.15, -0.1) is 0 Å². The van der Waals surface area contributed by atoms with Gasteiger partial charge in [-0.25, -0.2) is 0 Å². The maximum atomic E-state index is 6.28. The lowest BCUT2D eigenvalue weighted by atomic mass is 9.86. The van der Waals surface area contributed by atoms with E-state index in [2.05, 4.69) is 30.1 Å². The van der Waals surface area contributed by atoms with Gasteiger partial charge < -0.3 is 10.6 Å². The molecule has 0 bridgehead atoms. The molecular weight excluding hydrogens is 184 g/mol. The summed E-state index contributed by atoms with van der Waals surface area (Å²) in [5.74, 6) is 0.642. The molecule has 81 valence electrons. The first-order valence-electron chi connectivity index (χ1n) is 5.67. The standard InChI is InChI=1S/C13H19N2/c1-15-9-7-12(8-10-15)13(14)11-5-3-2-4-6-11/h3-6,12-13H,7-10,14H2,1H3. The Hall–Kier alpha value is -0.860. The van der Waals surface area contributed by atoms with Crippen LogP contribution in [0.4, 0.5) is 0 Å². The fourth-order valence-corrected chi connectivity index (χ4v) is 2.28. The van der Waals surface area contributed by atoms with Gasteiger partial charge in [-0.2, -0.15) is 0 Å². The minimum atomic E-state index is 0.202. The number of piperidine rings is 1. The van der Waals surface area contributed by atoms with Crippen molar-refractivity contribution in [1.82, 2.24) is 4.90 Å². The summed E-state index contributed by atoms with van der Waals surface area (Å²) in [6.07, 6.45) is 2.44. The van der Waals surface area contributed by atoms with E-state index in [9.17, 15) is 0 Å². The molecule has 0 spiro atoms. The fraction of sp³-hybridized carbons (Fsp3) is 0.538. The first-order chi connectivity index (χ1) is 7.27. The predicted molar refractivity (Wildman–Crippen MR) is 62.4 cm³/mol. The summed E-state index contributed by atoms with van der Waals surface area (Å²) in [6, 6.07) is 11.3. The summed E-state index contributed by atoms with van der Waals surface area (Å²) in [4.78, 5) is 2.38. The van der Waals surface area contributed by atoms with Crippen LogP contribution in [0.5, 0.6) is 0 Å². The highest BCUT2D eigenvalue weighted by atomic mass is 15.1. The highest BCUT2D eigenvalue weighted by Gasteiger charge is 2.23. The van der Waals surface area contributed by atoms with Crippen molar-refractivity contribution in [3.63, 3.8) is 0 Å². The van der Waals surface area contributed by atoms with Gasteiger partial charge >= 0.3 is 0 Å². The van der Waals surface area contributed by atoms with Gasteiger partial charge in [0.25, 0.3) is 0 Å². The monoisotopic (exact) mass is 203 g/mol. The Morgan fingerprint density at radius 3 is 2.53 bits per heavy atom. The number of hydrogen-bond donors (Lipinski definition) is 1. The van der Waals surface area contributed by atoms with Crippen LogP contribution in [-0.4, -0.2) is 25.0 Å². The second kappa shape index (κ2) is 4.77. The van der Waals surface area contributed by atoms with Crippen molar-refractivity contribution < 1.29 is 0 Å². The van der Waals surface area contributed by atoms with E-state index in [0.717, 1.165) is 0 Å². The third-order valence-electron chi connectivity index (χ3n) is 3.40. The Morgan fingerprint density at radius 1 is 1.33 bits per heavy atom. The quantitative estimate of drug-likeness (QED) is 0.794. The first kappa shape index (κ1) is 10.7. The van der Waals surface area contributed by atoms with Gasteiger partial charge in [-0.1, -0.05) is 24.3 Å². The van der Waals surface area contributed by atoms with Crippen molar-refractivity contribution in [2.75, 3.05) is 20.1 Å². The Bertz CT molecular complexity index is 289. The molecule has 1 fully saturated rings. The van der Waals surface area contributed by atoms with Gasteiger partial charge in [0.2, 0.25) is 0 Å². The van der Waals surface area contributed by atoms with Crippen LogP contribution < -0.4 is 5.73 Å². The molecule has 1 heterocycles. The topological polar surface area (TPSA) is 29.3 Å². The van der Waals surface area contributed by atoms with Crippen LogP contribution in [0.2, 0.25) is 0 Å². The average Bonchev–Trinajstić information content (AvgIpc) is 2.30. The maximum absolute atomic E-state index is 6.28. The van der Waals surface area contributed by atoms with Crippen LogP contribution in [0.1, 0.15) is 24.4 Å². The maximum Gasteiger partial charge on any atom is 0.0324 e. The lowest BCUT2D eigenvalue weighted by Crippen LogP contribution is -2.35. The van der Waals surface area contributed by atoms with Gasteiger partial charge in [-0.05, 0) is 50.5 Å². The van der Waals surface area contributed by atoms with Crippen LogP contribution in [0.3, 0.4) is 0 Å². The van der Waals surface area contributed by atoms with E-state index < -0.39 is 0 Å². The van der Waals surface area contributed by atoms with Crippen molar-refractivity contribution in [3.05, 3.63) is 35.9 Å².